The smallest absolute Gasteiger partial charge is 0.161 e. The van der Waals surface area contributed by atoms with Crippen LogP contribution in [0.25, 0.3) is 0 Å². The Labute approximate surface area is 115 Å². The fourth-order valence-electron chi connectivity index (χ4n) is 2.41. The van der Waals surface area contributed by atoms with Crippen LogP contribution in [-0.4, -0.2) is 38.3 Å². The molecule has 2 N–H and O–H groups in total. The number of ether oxygens (including phenoxy) is 2. The number of hydrogen-bond acceptors (Lipinski definition) is 4. The number of fused-ring (bicyclic) bond motifs is 1. The molecule has 0 saturated heterocycles. The monoisotopic (exact) mass is 264 g/mol. The highest BCUT2D eigenvalue weighted by Gasteiger charge is 2.18. The minimum atomic E-state index is 0.236. The maximum atomic E-state index is 5.87. The number of nitrogens with zero attached hydrogens (tertiary/aromatic N) is 1. The van der Waals surface area contributed by atoms with Gasteiger partial charge in [-0.25, -0.2) is 0 Å². The van der Waals surface area contributed by atoms with Crippen LogP contribution in [0, 0.1) is 0 Å². The molecule has 0 aromatic heterocycles. The molecule has 4 heteroatoms. The minimum absolute atomic E-state index is 0.236. The average Bonchev–Trinajstić information content (AvgIpc) is 2.38. The molecule has 0 saturated carbocycles. The van der Waals surface area contributed by atoms with Crippen molar-refractivity contribution in [2.24, 2.45) is 5.73 Å². The molecule has 0 aliphatic carbocycles. The highest BCUT2D eigenvalue weighted by Crippen LogP contribution is 2.35. The van der Waals surface area contributed by atoms with Crippen LogP contribution in [0.5, 0.6) is 11.5 Å². The van der Waals surface area contributed by atoms with E-state index in [4.69, 9.17) is 15.2 Å². The molecule has 0 spiro atoms. The molecule has 19 heavy (non-hydrogen) atoms. The van der Waals surface area contributed by atoms with Gasteiger partial charge in [0.2, 0.25) is 0 Å². The summed E-state index contributed by atoms with van der Waals surface area (Å²) in [6.45, 7) is 3.31. The van der Waals surface area contributed by atoms with Crippen LogP contribution in [0.15, 0.2) is 18.2 Å². The lowest BCUT2D eigenvalue weighted by Gasteiger charge is -2.27. The van der Waals surface area contributed by atoms with Crippen LogP contribution in [0.2, 0.25) is 0 Å². The van der Waals surface area contributed by atoms with Gasteiger partial charge in [0.25, 0.3) is 0 Å². The summed E-state index contributed by atoms with van der Waals surface area (Å²) in [6, 6.07) is 6.83. The van der Waals surface area contributed by atoms with Gasteiger partial charge in [-0.3, -0.25) is 0 Å². The van der Waals surface area contributed by atoms with Gasteiger partial charge < -0.3 is 20.1 Å². The largest absolute Gasteiger partial charge is 0.486 e. The van der Waals surface area contributed by atoms with Gasteiger partial charge >= 0.3 is 0 Å². The first-order valence-corrected chi connectivity index (χ1v) is 6.89. The summed E-state index contributed by atoms with van der Waals surface area (Å²) >= 11 is 0. The molecule has 1 aromatic rings. The molecule has 0 bridgehead atoms. The van der Waals surface area contributed by atoms with Crippen molar-refractivity contribution in [3.8, 4) is 11.5 Å². The highest BCUT2D eigenvalue weighted by atomic mass is 16.6. The number of benzene rings is 1. The summed E-state index contributed by atoms with van der Waals surface area (Å²) in [7, 11) is 4.20. The SMILES string of the molecule is CC(N)CCC(c1ccc2c(c1)OCCO2)N(C)C. The maximum absolute atomic E-state index is 5.87. The second kappa shape index (κ2) is 6.26. The van der Waals surface area contributed by atoms with Crippen LogP contribution < -0.4 is 15.2 Å². The highest BCUT2D eigenvalue weighted by molar-refractivity contribution is 5.44. The molecule has 106 valence electrons. The van der Waals surface area contributed by atoms with Crippen molar-refractivity contribution in [2.75, 3.05) is 27.3 Å². The van der Waals surface area contributed by atoms with Gasteiger partial charge in [-0.15, -0.1) is 0 Å². The lowest BCUT2D eigenvalue weighted by atomic mass is 9.98. The van der Waals surface area contributed by atoms with Gasteiger partial charge in [0.1, 0.15) is 13.2 Å². The van der Waals surface area contributed by atoms with E-state index in [2.05, 4.69) is 38.1 Å². The van der Waals surface area contributed by atoms with Crippen molar-refractivity contribution in [1.29, 1.82) is 0 Å². The van der Waals surface area contributed by atoms with E-state index in [1.54, 1.807) is 0 Å². The predicted molar refractivity (Wildman–Crippen MR) is 76.7 cm³/mol. The molecule has 2 rings (SSSR count). The number of rotatable bonds is 5. The Hall–Kier alpha value is -1.26. The maximum Gasteiger partial charge on any atom is 0.161 e. The second-order valence-electron chi connectivity index (χ2n) is 5.44. The zero-order valence-electron chi connectivity index (χ0n) is 12.1. The third-order valence-electron chi connectivity index (χ3n) is 3.47. The van der Waals surface area contributed by atoms with E-state index >= 15 is 0 Å². The molecular formula is C15H24N2O2. The van der Waals surface area contributed by atoms with Crippen LogP contribution in [0.4, 0.5) is 0 Å². The molecule has 4 nitrogen and oxygen atoms in total. The van der Waals surface area contributed by atoms with Gasteiger partial charge in [-0.05, 0) is 51.6 Å². The molecule has 0 radical (unpaired) electrons. The number of hydrogen-bond donors (Lipinski definition) is 1. The van der Waals surface area contributed by atoms with Crippen molar-refractivity contribution in [2.45, 2.75) is 31.8 Å². The van der Waals surface area contributed by atoms with E-state index in [1.807, 2.05) is 6.07 Å². The summed E-state index contributed by atoms with van der Waals surface area (Å²) < 4.78 is 11.2. The van der Waals surface area contributed by atoms with E-state index in [0.29, 0.717) is 19.3 Å². The Morgan fingerprint density at radius 1 is 1.16 bits per heavy atom. The van der Waals surface area contributed by atoms with Gasteiger partial charge in [0.05, 0.1) is 0 Å². The molecular weight excluding hydrogens is 240 g/mol. The quantitative estimate of drug-likeness (QED) is 0.885. The van der Waals surface area contributed by atoms with Gasteiger partial charge in [0, 0.05) is 12.1 Å². The van der Waals surface area contributed by atoms with Gasteiger partial charge in [-0.2, -0.15) is 0 Å². The minimum Gasteiger partial charge on any atom is -0.486 e. The topological polar surface area (TPSA) is 47.7 Å². The van der Waals surface area contributed by atoms with Crippen LogP contribution in [0.1, 0.15) is 31.4 Å². The molecule has 0 amide bonds. The Morgan fingerprint density at radius 2 is 1.84 bits per heavy atom. The fraction of sp³-hybridized carbons (Fsp3) is 0.600. The van der Waals surface area contributed by atoms with Crippen molar-refractivity contribution in [3.63, 3.8) is 0 Å². The van der Waals surface area contributed by atoms with E-state index in [1.165, 1.54) is 5.56 Å². The molecule has 1 heterocycles. The lowest BCUT2D eigenvalue weighted by Crippen LogP contribution is -2.24. The molecule has 0 fully saturated rings. The van der Waals surface area contributed by atoms with Crippen molar-refractivity contribution < 1.29 is 9.47 Å². The lowest BCUT2D eigenvalue weighted by molar-refractivity contribution is 0.170. The first kappa shape index (κ1) is 14.2. The fourth-order valence-corrected chi connectivity index (χ4v) is 2.41. The Kier molecular flexibility index (Phi) is 4.66. The second-order valence-corrected chi connectivity index (χ2v) is 5.44. The average molecular weight is 264 g/mol. The molecule has 1 aliphatic rings. The summed E-state index contributed by atoms with van der Waals surface area (Å²) in [5.41, 5.74) is 7.13. The first-order chi connectivity index (χ1) is 9.08. The molecule has 1 aliphatic heterocycles. The van der Waals surface area contributed by atoms with Gasteiger partial charge in [-0.1, -0.05) is 6.07 Å². The van der Waals surface area contributed by atoms with Crippen LogP contribution >= 0.6 is 0 Å². The van der Waals surface area contributed by atoms with E-state index in [-0.39, 0.29) is 6.04 Å². The molecule has 2 unspecified atom stereocenters. The molecule has 1 aromatic carbocycles. The Morgan fingerprint density at radius 3 is 2.47 bits per heavy atom. The van der Waals surface area contributed by atoms with E-state index in [9.17, 15) is 0 Å². The normalized spacial score (nSPS) is 17.3. The predicted octanol–water partition coefficient (Wildman–Crippen LogP) is 2.19. The zero-order chi connectivity index (χ0) is 13.8. The molecule has 2 atom stereocenters. The Bertz CT molecular complexity index is 419. The third-order valence-corrected chi connectivity index (χ3v) is 3.47. The van der Waals surface area contributed by atoms with Gasteiger partial charge in [0.15, 0.2) is 11.5 Å². The third kappa shape index (κ3) is 3.61. The first-order valence-electron chi connectivity index (χ1n) is 6.89. The summed E-state index contributed by atoms with van der Waals surface area (Å²) in [5.74, 6) is 1.70. The summed E-state index contributed by atoms with van der Waals surface area (Å²) in [6.07, 6.45) is 2.06. The van der Waals surface area contributed by atoms with Crippen molar-refractivity contribution in [1.82, 2.24) is 4.90 Å². The standard InChI is InChI=1S/C15H24N2O2/c1-11(16)4-6-13(17(2)3)12-5-7-14-15(10-12)19-9-8-18-14/h5,7,10-11,13H,4,6,8-9,16H2,1-3H3. The van der Waals surface area contributed by atoms with Crippen LogP contribution in [-0.2, 0) is 0 Å². The van der Waals surface area contributed by atoms with Crippen LogP contribution in [0.3, 0.4) is 0 Å². The van der Waals surface area contributed by atoms with Crippen molar-refractivity contribution in [3.05, 3.63) is 23.8 Å². The summed E-state index contributed by atoms with van der Waals surface area (Å²) in [5, 5.41) is 0. The van der Waals surface area contributed by atoms with E-state index < -0.39 is 0 Å². The summed E-state index contributed by atoms with van der Waals surface area (Å²) in [4.78, 5) is 2.23. The number of nitrogens with two attached hydrogens (primary N) is 1. The zero-order valence-corrected chi connectivity index (χ0v) is 12.1. The Balaban J connectivity index is 2.16. The van der Waals surface area contributed by atoms with E-state index in [0.717, 1.165) is 24.3 Å². The van der Waals surface area contributed by atoms with Crippen molar-refractivity contribution >= 4 is 0 Å².